The van der Waals surface area contributed by atoms with E-state index >= 15 is 0 Å². The summed E-state index contributed by atoms with van der Waals surface area (Å²) in [5.41, 5.74) is 0.498. The van der Waals surface area contributed by atoms with Crippen LogP contribution >= 0.6 is 0 Å². The predicted octanol–water partition coefficient (Wildman–Crippen LogP) is 1.45. The standard InChI is InChI=1S/C12H24N4O/c1-6-8-16-10(9-13-14-16)11(17)12(3,7-2)15(4)5/h9,11,17H,6-8H2,1-5H3. The van der Waals surface area contributed by atoms with Gasteiger partial charge in [0, 0.05) is 12.1 Å². The van der Waals surface area contributed by atoms with Crippen molar-refractivity contribution in [3.63, 3.8) is 0 Å². The van der Waals surface area contributed by atoms with E-state index in [9.17, 15) is 5.11 Å². The van der Waals surface area contributed by atoms with Gasteiger partial charge >= 0.3 is 0 Å². The first-order valence-electron chi connectivity index (χ1n) is 6.21. The van der Waals surface area contributed by atoms with Crippen LogP contribution in [0.1, 0.15) is 45.4 Å². The van der Waals surface area contributed by atoms with Gasteiger partial charge < -0.3 is 10.0 Å². The molecule has 1 aromatic heterocycles. The van der Waals surface area contributed by atoms with Crippen LogP contribution in [0.5, 0.6) is 0 Å². The Morgan fingerprint density at radius 2 is 2.12 bits per heavy atom. The largest absolute Gasteiger partial charge is 0.385 e. The Balaban J connectivity index is 3.01. The Bertz CT molecular complexity index is 350. The lowest BCUT2D eigenvalue weighted by Gasteiger charge is -2.39. The summed E-state index contributed by atoms with van der Waals surface area (Å²) in [4.78, 5) is 2.06. The van der Waals surface area contributed by atoms with Crippen LogP contribution in [-0.4, -0.2) is 44.6 Å². The van der Waals surface area contributed by atoms with E-state index in [0.29, 0.717) is 0 Å². The van der Waals surface area contributed by atoms with Crippen molar-refractivity contribution >= 4 is 0 Å². The minimum Gasteiger partial charge on any atom is -0.385 e. The summed E-state index contributed by atoms with van der Waals surface area (Å²) >= 11 is 0. The first kappa shape index (κ1) is 14.1. The van der Waals surface area contributed by atoms with Gasteiger partial charge in [0.1, 0.15) is 6.10 Å². The number of likely N-dealkylation sites (N-methyl/N-ethyl adjacent to an activating group) is 1. The van der Waals surface area contributed by atoms with E-state index in [1.165, 1.54) is 0 Å². The van der Waals surface area contributed by atoms with Crippen LogP contribution in [-0.2, 0) is 6.54 Å². The minimum atomic E-state index is -0.580. The van der Waals surface area contributed by atoms with Crippen molar-refractivity contribution in [2.24, 2.45) is 0 Å². The smallest absolute Gasteiger partial charge is 0.115 e. The first-order chi connectivity index (χ1) is 7.97. The molecule has 1 rings (SSSR count). The van der Waals surface area contributed by atoms with Crippen molar-refractivity contribution in [3.8, 4) is 0 Å². The predicted molar refractivity (Wildman–Crippen MR) is 67.7 cm³/mol. The first-order valence-corrected chi connectivity index (χ1v) is 6.21. The number of hydrogen-bond donors (Lipinski definition) is 1. The third kappa shape index (κ3) is 2.66. The number of aryl methyl sites for hydroxylation is 1. The Hall–Kier alpha value is -0.940. The molecule has 1 aromatic rings. The van der Waals surface area contributed by atoms with E-state index in [1.807, 2.05) is 14.1 Å². The Morgan fingerprint density at radius 1 is 1.47 bits per heavy atom. The van der Waals surface area contributed by atoms with Crippen LogP contribution < -0.4 is 0 Å². The molecule has 0 amide bonds. The van der Waals surface area contributed by atoms with E-state index in [-0.39, 0.29) is 5.54 Å². The number of aromatic nitrogens is 3. The van der Waals surface area contributed by atoms with Gasteiger partial charge in [-0.25, -0.2) is 4.68 Å². The fourth-order valence-electron chi connectivity index (χ4n) is 1.94. The molecule has 0 radical (unpaired) electrons. The lowest BCUT2D eigenvalue weighted by atomic mass is 9.88. The van der Waals surface area contributed by atoms with Crippen molar-refractivity contribution in [2.75, 3.05) is 14.1 Å². The Labute approximate surface area is 103 Å². The second-order valence-electron chi connectivity index (χ2n) is 4.89. The summed E-state index contributed by atoms with van der Waals surface area (Å²) in [5, 5.41) is 18.5. The molecule has 0 saturated heterocycles. The van der Waals surface area contributed by atoms with Crippen LogP contribution in [0, 0.1) is 0 Å². The maximum atomic E-state index is 10.6. The van der Waals surface area contributed by atoms with Crippen molar-refractivity contribution < 1.29 is 5.11 Å². The highest BCUT2D eigenvalue weighted by Crippen LogP contribution is 2.32. The molecule has 0 aliphatic carbocycles. The summed E-state index contributed by atoms with van der Waals surface area (Å²) in [6.07, 6.45) is 2.92. The molecule has 5 heteroatoms. The fourth-order valence-corrected chi connectivity index (χ4v) is 1.94. The average Bonchev–Trinajstić information content (AvgIpc) is 2.75. The van der Waals surface area contributed by atoms with Gasteiger partial charge in [0.05, 0.1) is 11.9 Å². The summed E-state index contributed by atoms with van der Waals surface area (Å²) in [6.45, 7) is 7.01. The van der Waals surface area contributed by atoms with Crippen molar-refractivity contribution in [1.29, 1.82) is 0 Å². The van der Waals surface area contributed by atoms with Gasteiger partial charge in [-0.05, 0) is 33.9 Å². The maximum Gasteiger partial charge on any atom is 0.115 e. The number of aliphatic hydroxyl groups is 1. The molecule has 17 heavy (non-hydrogen) atoms. The lowest BCUT2D eigenvalue weighted by molar-refractivity contribution is -0.00449. The molecule has 2 unspecified atom stereocenters. The molecule has 2 atom stereocenters. The zero-order valence-electron chi connectivity index (χ0n) is 11.5. The summed E-state index contributed by atoms with van der Waals surface area (Å²) in [6, 6.07) is 0. The van der Waals surface area contributed by atoms with Gasteiger partial charge in [0.2, 0.25) is 0 Å². The maximum absolute atomic E-state index is 10.6. The summed E-state index contributed by atoms with van der Waals surface area (Å²) in [5.74, 6) is 0. The molecule has 1 N–H and O–H groups in total. The molecule has 0 bridgehead atoms. The van der Waals surface area contributed by atoms with Crippen molar-refractivity contribution in [1.82, 2.24) is 19.9 Å². The zero-order chi connectivity index (χ0) is 13.1. The van der Waals surface area contributed by atoms with Gasteiger partial charge in [-0.2, -0.15) is 0 Å². The number of rotatable bonds is 6. The molecular formula is C12H24N4O. The van der Waals surface area contributed by atoms with Crippen LogP contribution in [0.25, 0.3) is 0 Å². The van der Waals surface area contributed by atoms with E-state index in [1.54, 1.807) is 10.9 Å². The van der Waals surface area contributed by atoms with Crippen LogP contribution in [0.3, 0.4) is 0 Å². The highest BCUT2D eigenvalue weighted by Gasteiger charge is 2.36. The lowest BCUT2D eigenvalue weighted by Crippen LogP contribution is -2.46. The normalized spacial score (nSPS) is 17.1. The molecule has 5 nitrogen and oxygen atoms in total. The van der Waals surface area contributed by atoms with Crippen LogP contribution in [0.4, 0.5) is 0 Å². The van der Waals surface area contributed by atoms with Gasteiger partial charge in [0.25, 0.3) is 0 Å². The second-order valence-corrected chi connectivity index (χ2v) is 4.89. The van der Waals surface area contributed by atoms with E-state index in [0.717, 1.165) is 25.1 Å². The van der Waals surface area contributed by atoms with Crippen LogP contribution in [0.2, 0.25) is 0 Å². The molecule has 0 aliphatic rings. The molecule has 0 aliphatic heterocycles. The fraction of sp³-hybridized carbons (Fsp3) is 0.833. The van der Waals surface area contributed by atoms with Gasteiger partial charge in [-0.3, -0.25) is 0 Å². The highest BCUT2D eigenvalue weighted by molar-refractivity contribution is 5.08. The summed E-state index contributed by atoms with van der Waals surface area (Å²) < 4.78 is 1.79. The number of aliphatic hydroxyl groups excluding tert-OH is 1. The Kier molecular flexibility index (Phi) is 4.65. The monoisotopic (exact) mass is 240 g/mol. The molecular weight excluding hydrogens is 216 g/mol. The number of nitrogens with zero attached hydrogens (tertiary/aromatic N) is 4. The molecule has 1 heterocycles. The minimum absolute atomic E-state index is 0.298. The highest BCUT2D eigenvalue weighted by atomic mass is 16.3. The number of hydrogen-bond acceptors (Lipinski definition) is 4. The van der Waals surface area contributed by atoms with Gasteiger partial charge in [0.15, 0.2) is 0 Å². The van der Waals surface area contributed by atoms with Crippen molar-refractivity contribution in [3.05, 3.63) is 11.9 Å². The molecule has 0 aromatic carbocycles. The van der Waals surface area contributed by atoms with Crippen LogP contribution in [0.15, 0.2) is 6.20 Å². The second kappa shape index (κ2) is 5.60. The molecule has 98 valence electrons. The van der Waals surface area contributed by atoms with E-state index in [4.69, 9.17) is 0 Å². The van der Waals surface area contributed by atoms with E-state index < -0.39 is 6.10 Å². The third-order valence-electron chi connectivity index (χ3n) is 3.69. The zero-order valence-corrected chi connectivity index (χ0v) is 11.5. The molecule has 0 saturated carbocycles. The summed E-state index contributed by atoms with van der Waals surface area (Å²) in [7, 11) is 3.97. The Morgan fingerprint density at radius 3 is 2.59 bits per heavy atom. The molecule has 0 fully saturated rings. The average molecular weight is 240 g/mol. The van der Waals surface area contributed by atoms with E-state index in [2.05, 4.69) is 36.0 Å². The topological polar surface area (TPSA) is 54.2 Å². The van der Waals surface area contributed by atoms with Crippen molar-refractivity contribution in [2.45, 2.75) is 51.8 Å². The SMILES string of the molecule is CCCn1nncc1C(O)C(C)(CC)N(C)C. The van der Waals surface area contributed by atoms with Gasteiger partial charge in [-0.15, -0.1) is 5.10 Å². The third-order valence-corrected chi connectivity index (χ3v) is 3.69. The van der Waals surface area contributed by atoms with Gasteiger partial charge in [-0.1, -0.05) is 19.1 Å². The quantitative estimate of drug-likeness (QED) is 0.817. The molecule has 0 spiro atoms.